The Kier molecular flexibility index (Phi) is 3.84. The molecule has 0 atom stereocenters. The van der Waals surface area contributed by atoms with Crippen LogP contribution in [0.15, 0.2) is 36.4 Å². The molecule has 2 aromatic carbocycles. The molecule has 4 heteroatoms. The molecule has 0 aliphatic heterocycles. The highest BCUT2D eigenvalue weighted by molar-refractivity contribution is 5.88. The highest BCUT2D eigenvalue weighted by Gasteiger charge is 2.18. The maximum absolute atomic E-state index is 13.9. The fourth-order valence-electron chi connectivity index (χ4n) is 1.99. The molecule has 104 valence electrons. The summed E-state index contributed by atoms with van der Waals surface area (Å²) in [6, 6.07) is 9.46. The van der Waals surface area contributed by atoms with Crippen molar-refractivity contribution in [2.75, 3.05) is 0 Å². The van der Waals surface area contributed by atoms with Crippen LogP contribution in [0.25, 0.3) is 11.1 Å². The van der Waals surface area contributed by atoms with E-state index in [1.807, 2.05) is 26.0 Å². The lowest BCUT2D eigenvalue weighted by Crippen LogP contribution is -2.03. The van der Waals surface area contributed by atoms with E-state index in [1.165, 1.54) is 6.07 Å². The van der Waals surface area contributed by atoms with Crippen molar-refractivity contribution in [2.45, 2.75) is 19.8 Å². The van der Waals surface area contributed by atoms with Gasteiger partial charge in [0.05, 0.1) is 5.56 Å². The maximum atomic E-state index is 13.9. The first-order valence-electron chi connectivity index (χ1n) is 6.23. The average Bonchev–Trinajstić information content (AvgIpc) is 2.41. The highest BCUT2D eigenvalue weighted by atomic mass is 19.2. The quantitative estimate of drug-likeness (QED) is 0.899. The maximum Gasteiger partial charge on any atom is 0.338 e. The Hall–Kier alpha value is -2.23. The summed E-state index contributed by atoms with van der Waals surface area (Å²) in [6.07, 6.45) is 0. The molecule has 2 aromatic rings. The van der Waals surface area contributed by atoms with Gasteiger partial charge in [-0.3, -0.25) is 0 Å². The number of hydrogen-bond acceptors (Lipinski definition) is 1. The molecule has 0 aliphatic rings. The third kappa shape index (κ3) is 2.54. The van der Waals surface area contributed by atoms with E-state index in [1.54, 1.807) is 12.1 Å². The zero-order valence-electron chi connectivity index (χ0n) is 11.2. The van der Waals surface area contributed by atoms with Crippen molar-refractivity contribution in [1.29, 1.82) is 0 Å². The number of benzene rings is 2. The Morgan fingerprint density at radius 1 is 1.00 bits per heavy atom. The van der Waals surface area contributed by atoms with Gasteiger partial charge < -0.3 is 5.11 Å². The molecule has 0 amide bonds. The van der Waals surface area contributed by atoms with Crippen molar-refractivity contribution < 1.29 is 18.7 Å². The van der Waals surface area contributed by atoms with E-state index in [2.05, 4.69) is 0 Å². The molecule has 0 unspecified atom stereocenters. The van der Waals surface area contributed by atoms with Crippen LogP contribution in [0.5, 0.6) is 0 Å². The van der Waals surface area contributed by atoms with Crippen molar-refractivity contribution >= 4 is 5.97 Å². The van der Waals surface area contributed by atoms with Crippen LogP contribution in [0.3, 0.4) is 0 Å². The van der Waals surface area contributed by atoms with Gasteiger partial charge in [-0.15, -0.1) is 0 Å². The van der Waals surface area contributed by atoms with Gasteiger partial charge in [-0.1, -0.05) is 44.2 Å². The Morgan fingerprint density at radius 3 is 2.10 bits per heavy atom. The van der Waals surface area contributed by atoms with E-state index in [4.69, 9.17) is 5.11 Å². The van der Waals surface area contributed by atoms with E-state index in [9.17, 15) is 13.6 Å². The first-order valence-corrected chi connectivity index (χ1v) is 6.23. The number of carboxylic acid groups (broad SMARTS) is 1. The summed E-state index contributed by atoms with van der Waals surface area (Å²) in [7, 11) is 0. The molecule has 2 nitrogen and oxygen atoms in total. The number of carbonyl (C=O) groups is 1. The second-order valence-corrected chi connectivity index (χ2v) is 4.87. The predicted molar refractivity (Wildman–Crippen MR) is 72.8 cm³/mol. The van der Waals surface area contributed by atoms with Crippen molar-refractivity contribution in [3.63, 3.8) is 0 Å². The standard InChI is InChI=1S/C16H14F2O2/c1-9(2)10-3-5-11(6-4-10)12-7-8-13(16(19)20)15(18)14(12)17/h3-9H,1-2H3,(H,19,20). The molecular weight excluding hydrogens is 262 g/mol. The minimum absolute atomic E-state index is 0.0582. The van der Waals surface area contributed by atoms with Gasteiger partial charge in [-0.05, 0) is 23.1 Å². The zero-order chi connectivity index (χ0) is 14.9. The van der Waals surface area contributed by atoms with Gasteiger partial charge in [-0.25, -0.2) is 13.6 Å². The topological polar surface area (TPSA) is 37.3 Å². The minimum atomic E-state index is -1.48. The van der Waals surface area contributed by atoms with E-state index < -0.39 is 23.2 Å². The van der Waals surface area contributed by atoms with Crippen LogP contribution < -0.4 is 0 Å². The van der Waals surface area contributed by atoms with Gasteiger partial charge in [0.2, 0.25) is 0 Å². The van der Waals surface area contributed by atoms with Crippen molar-refractivity contribution in [2.24, 2.45) is 0 Å². The van der Waals surface area contributed by atoms with Crippen molar-refractivity contribution in [3.8, 4) is 11.1 Å². The van der Waals surface area contributed by atoms with Crippen LogP contribution in [0.2, 0.25) is 0 Å². The number of rotatable bonds is 3. The third-order valence-corrected chi connectivity index (χ3v) is 3.20. The van der Waals surface area contributed by atoms with Gasteiger partial charge in [0.25, 0.3) is 0 Å². The Bertz CT molecular complexity index is 646. The molecule has 0 fully saturated rings. The fraction of sp³-hybridized carbons (Fsp3) is 0.188. The summed E-state index contributed by atoms with van der Waals surface area (Å²) in [4.78, 5) is 10.7. The van der Waals surface area contributed by atoms with Gasteiger partial charge >= 0.3 is 5.97 Å². The Labute approximate surface area is 115 Å². The largest absolute Gasteiger partial charge is 0.478 e. The lowest BCUT2D eigenvalue weighted by atomic mass is 9.97. The number of aromatic carboxylic acids is 1. The molecule has 0 saturated carbocycles. The monoisotopic (exact) mass is 276 g/mol. The molecule has 0 saturated heterocycles. The molecule has 0 heterocycles. The summed E-state index contributed by atoms with van der Waals surface area (Å²) in [5.41, 5.74) is 1.01. The van der Waals surface area contributed by atoms with Gasteiger partial charge in [0.15, 0.2) is 11.6 Å². The Balaban J connectivity index is 2.48. The second kappa shape index (κ2) is 5.41. The van der Waals surface area contributed by atoms with Gasteiger partial charge in [-0.2, -0.15) is 0 Å². The molecule has 1 N–H and O–H groups in total. The molecule has 0 radical (unpaired) electrons. The smallest absolute Gasteiger partial charge is 0.338 e. The summed E-state index contributed by atoms with van der Waals surface area (Å²) in [6.45, 7) is 4.08. The first-order chi connectivity index (χ1) is 9.41. The molecule has 2 rings (SSSR count). The zero-order valence-corrected chi connectivity index (χ0v) is 11.2. The third-order valence-electron chi connectivity index (χ3n) is 3.20. The van der Waals surface area contributed by atoms with Crippen LogP contribution in [0.4, 0.5) is 8.78 Å². The molecule has 0 spiro atoms. The molecule has 20 heavy (non-hydrogen) atoms. The summed E-state index contributed by atoms with van der Waals surface area (Å²) in [5.74, 6) is -3.60. The van der Waals surface area contributed by atoms with Crippen LogP contribution in [-0.4, -0.2) is 11.1 Å². The minimum Gasteiger partial charge on any atom is -0.478 e. The normalized spacial score (nSPS) is 10.8. The summed E-state index contributed by atoms with van der Waals surface area (Å²) in [5, 5.41) is 8.74. The van der Waals surface area contributed by atoms with Crippen molar-refractivity contribution in [1.82, 2.24) is 0 Å². The van der Waals surface area contributed by atoms with Crippen LogP contribution >= 0.6 is 0 Å². The lowest BCUT2D eigenvalue weighted by Gasteiger charge is -2.09. The van der Waals surface area contributed by atoms with Crippen LogP contribution in [0, 0.1) is 11.6 Å². The van der Waals surface area contributed by atoms with E-state index in [-0.39, 0.29) is 5.56 Å². The molecule has 0 aromatic heterocycles. The highest BCUT2D eigenvalue weighted by Crippen LogP contribution is 2.27. The van der Waals surface area contributed by atoms with Gasteiger partial charge in [0.1, 0.15) is 0 Å². The van der Waals surface area contributed by atoms with Gasteiger partial charge in [0, 0.05) is 5.56 Å². The summed E-state index contributed by atoms with van der Waals surface area (Å²) < 4.78 is 27.6. The molecular formula is C16H14F2O2. The van der Waals surface area contributed by atoms with E-state index in [0.717, 1.165) is 11.6 Å². The molecule has 0 aliphatic carbocycles. The van der Waals surface area contributed by atoms with Crippen LogP contribution in [-0.2, 0) is 0 Å². The number of halogens is 2. The van der Waals surface area contributed by atoms with Crippen molar-refractivity contribution in [3.05, 3.63) is 59.2 Å². The average molecular weight is 276 g/mol. The predicted octanol–water partition coefficient (Wildman–Crippen LogP) is 4.45. The number of carboxylic acids is 1. The van der Waals surface area contributed by atoms with Crippen LogP contribution in [0.1, 0.15) is 35.7 Å². The lowest BCUT2D eigenvalue weighted by molar-refractivity contribution is 0.0690. The van der Waals surface area contributed by atoms with E-state index in [0.29, 0.717) is 11.5 Å². The fourth-order valence-corrected chi connectivity index (χ4v) is 1.99. The molecule has 0 bridgehead atoms. The number of hydrogen-bond donors (Lipinski definition) is 1. The SMILES string of the molecule is CC(C)c1ccc(-c2ccc(C(=O)O)c(F)c2F)cc1. The second-order valence-electron chi connectivity index (χ2n) is 4.87. The Morgan fingerprint density at radius 2 is 1.60 bits per heavy atom. The first kappa shape index (κ1) is 14.2. The van der Waals surface area contributed by atoms with E-state index >= 15 is 0 Å². The summed E-state index contributed by atoms with van der Waals surface area (Å²) >= 11 is 0.